The molecule has 1 unspecified atom stereocenters. The van der Waals surface area contributed by atoms with Crippen molar-refractivity contribution in [1.29, 1.82) is 0 Å². The largest absolute Gasteiger partial charge is 0.450 e. The molecular formula is C12H8F3I3O7S. The van der Waals surface area contributed by atoms with Crippen LogP contribution < -0.4 is 0 Å². The summed E-state index contributed by atoms with van der Waals surface area (Å²) in [7, 11) is -5.05. The van der Waals surface area contributed by atoms with E-state index in [2.05, 4.69) is 9.47 Å². The maximum Gasteiger partial charge on any atom is 0.426 e. The Morgan fingerprint density at radius 1 is 1.19 bits per heavy atom. The topological polar surface area (TPSA) is 107 Å². The van der Waals surface area contributed by atoms with Gasteiger partial charge in [-0.15, -0.1) is 0 Å². The summed E-state index contributed by atoms with van der Waals surface area (Å²) in [5.41, 5.74) is 0.111. The van der Waals surface area contributed by atoms with Crippen molar-refractivity contribution in [3.05, 3.63) is 28.4 Å². The van der Waals surface area contributed by atoms with Crippen LogP contribution in [-0.4, -0.2) is 49.5 Å². The average molecular weight is 734 g/mol. The third-order valence-electron chi connectivity index (χ3n) is 2.53. The number of esters is 2. The highest BCUT2D eigenvalue weighted by Gasteiger charge is 2.45. The maximum absolute atomic E-state index is 12.7. The molecule has 1 aromatic carbocycles. The van der Waals surface area contributed by atoms with Gasteiger partial charge in [0.05, 0.1) is 5.56 Å². The highest BCUT2D eigenvalue weighted by atomic mass is 127. The number of carbonyl (C=O) groups is 2. The van der Waals surface area contributed by atoms with Crippen LogP contribution in [-0.2, 0) is 24.4 Å². The van der Waals surface area contributed by atoms with Crippen LogP contribution in [0.15, 0.2) is 12.1 Å². The molecule has 14 heteroatoms. The molecule has 1 aromatic rings. The summed E-state index contributed by atoms with van der Waals surface area (Å²) in [4.78, 5) is 23.4. The highest BCUT2D eigenvalue weighted by molar-refractivity contribution is 14.1. The summed E-state index contributed by atoms with van der Waals surface area (Å²) >= 11 is 5.79. The maximum atomic E-state index is 12.7. The summed E-state index contributed by atoms with van der Waals surface area (Å²) < 4.78 is 78.2. The molecule has 26 heavy (non-hydrogen) atoms. The minimum atomic E-state index is -5.23. The lowest BCUT2D eigenvalue weighted by Gasteiger charge is -2.19. The van der Waals surface area contributed by atoms with Gasteiger partial charge in [-0.05, 0) is 79.9 Å². The Hall–Kier alpha value is 0.0500. The van der Waals surface area contributed by atoms with E-state index in [1.54, 1.807) is 6.07 Å². The minimum absolute atomic E-state index is 0.111. The standard InChI is InChI=1S/C12H8F3I3O7S/c13-12(14,15)8(4-26(21,22)23)25-9(19)3-24-11(20)6-1-5(16)2-7(17)10(6)18/h1-2,8H,3-4H2,(H,21,22,23). The van der Waals surface area contributed by atoms with Gasteiger partial charge in [0.2, 0.25) is 6.10 Å². The van der Waals surface area contributed by atoms with Crippen LogP contribution in [0.25, 0.3) is 0 Å². The van der Waals surface area contributed by atoms with Crippen LogP contribution in [0.4, 0.5) is 13.2 Å². The molecular weight excluding hydrogens is 726 g/mol. The van der Waals surface area contributed by atoms with Crippen molar-refractivity contribution in [3.63, 3.8) is 0 Å². The monoisotopic (exact) mass is 734 g/mol. The van der Waals surface area contributed by atoms with E-state index in [0.29, 0.717) is 7.14 Å². The number of carbonyl (C=O) groups excluding carboxylic acids is 2. The zero-order chi connectivity index (χ0) is 20.3. The van der Waals surface area contributed by atoms with E-state index >= 15 is 0 Å². The fraction of sp³-hybridized carbons (Fsp3) is 0.333. The first-order valence-corrected chi connectivity index (χ1v) is 11.1. The van der Waals surface area contributed by atoms with Gasteiger partial charge in [-0.2, -0.15) is 21.6 Å². The van der Waals surface area contributed by atoms with Crippen molar-refractivity contribution in [2.75, 3.05) is 12.4 Å². The van der Waals surface area contributed by atoms with Gasteiger partial charge in [0.1, 0.15) is 5.75 Å². The first kappa shape index (κ1) is 24.1. The molecule has 0 radical (unpaired) electrons. The van der Waals surface area contributed by atoms with E-state index in [9.17, 15) is 31.2 Å². The molecule has 0 saturated carbocycles. The Morgan fingerprint density at radius 3 is 2.27 bits per heavy atom. The second-order valence-corrected chi connectivity index (χ2v) is 9.58. The van der Waals surface area contributed by atoms with E-state index < -0.39 is 46.7 Å². The summed E-state index contributed by atoms with van der Waals surface area (Å²) in [5.74, 6) is -4.43. The number of rotatable bonds is 6. The SMILES string of the molecule is O=C(COC(=O)c1cc(I)cc(I)c1I)OC(CS(=O)(=O)O)C(F)(F)F. The van der Waals surface area contributed by atoms with Gasteiger partial charge in [-0.1, -0.05) is 0 Å². The molecule has 0 fully saturated rings. The number of alkyl halides is 3. The van der Waals surface area contributed by atoms with Gasteiger partial charge in [0, 0.05) is 10.7 Å². The predicted molar refractivity (Wildman–Crippen MR) is 107 cm³/mol. The van der Waals surface area contributed by atoms with Crippen molar-refractivity contribution < 1.29 is 45.2 Å². The van der Waals surface area contributed by atoms with Crippen LogP contribution in [0.3, 0.4) is 0 Å². The van der Waals surface area contributed by atoms with Crippen LogP contribution >= 0.6 is 67.8 Å². The van der Waals surface area contributed by atoms with E-state index in [4.69, 9.17) is 4.55 Å². The lowest BCUT2D eigenvalue weighted by atomic mass is 10.2. The molecule has 7 nitrogen and oxygen atoms in total. The van der Waals surface area contributed by atoms with Crippen molar-refractivity contribution >= 4 is 89.8 Å². The Bertz CT molecular complexity index is 811. The van der Waals surface area contributed by atoms with Crippen molar-refractivity contribution in [2.45, 2.75) is 12.3 Å². The molecule has 0 aromatic heterocycles. The zero-order valence-electron chi connectivity index (χ0n) is 12.2. The molecule has 0 spiro atoms. The highest BCUT2D eigenvalue weighted by Crippen LogP contribution is 2.25. The molecule has 0 heterocycles. The van der Waals surface area contributed by atoms with Crippen molar-refractivity contribution in [1.82, 2.24) is 0 Å². The fourth-order valence-corrected chi connectivity index (χ4v) is 4.50. The molecule has 0 amide bonds. The van der Waals surface area contributed by atoms with Gasteiger partial charge in [0.15, 0.2) is 6.61 Å². The van der Waals surface area contributed by atoms with Crippen molar-refractivity contribution in [3.8, 4) is 0 Å². The molecule has 0 bridgehead atoms. The zero-order valence-corrected chi connectivity index (χ0v) is 19.5. The molecule has 1 atom stereocenters. The first-order valence-electron chi connectivity index (χ1n) is 6.23. The quantitative estimate of drug-likeness (QED) is 0.208. The van der Waals surface area contributed by atoms with E-state index in [1.165, 1.54) is 6.07 Å². The Labute approximate surface area is 186 Å². The third-order valence-corrected chi connectivity index (χ3v) is 6.93. The summed E-state index contributed by atoms with van der Waals surface area (Å²) in [5, 5.41) is 0. The smallest absolute Gasteiger partial charge is 0.426 e. The molecule has 146 valence electrons. The van der Waals surface area contributed by atoms with Gasteiger partial charge in [0.25, 0.3) is 10.1 Å². The number of halogens is 6. The second kappa shape index (κ2) is 9.50. The third kappa shape index (κ3) is 7.97. The van der Waals surface area contributed by atoms with Gasteiger partial charge >= 0.3 is 18.1 Å². The first-order chi connectivity index (χ1) is 11.7. The van der Waals surface area contributed by atoms with Gasteiger partial charge < -0.3 is 9.47 Å². The van der Waals surface area contributed by atoms with Gasteiger partial charge in [-0.3, -0.25) is 4.55 Å². The molecule has 1 N–H and O–H groups in total. The Morgan fingerprint density at radius 2 is 1.77 bits per heavy atom. The number of ether oxygens (including phenoxy) is 2. The van der Waals surface area contributed by atoms with Crippen LogP contribution in [0, 0.1) is 10.7 Å². The summed E-state index contributed by atoms with van der Waals surface area (Å²) in [6.07, 6.45) is -8.31. The number of benzene rings is 1. The Balaban J connectivity index is 2.78. The number of hydrogen-bond donors (Lipinski definition) is 1. The second-order valence-electron chi connectivity index (χ2n) is 4.59. The van der Waals surface area contributed by atoms with Crippen LogP contribution in [0.2, 0.25) is 0 Å². The van der Waals surface area contributed by atoms with E-state index in [1.807, 2.05) is 67.8 Å². The molecule has 0 saturated heterocycles. The predicted octanol–water partition coefficient (Wildman–Crippen LogP) is 3.02. The van der Waals surface area contributed by atoms with Gasteiger partial charge in [-0.25, -0.2) is 9.59 Å². The lowest BCUT2D eigenvalue weighted by Crippen LogP contribution is -2.40. The van der Waals surface area contributed by atoms with Crippen molar-refractivity contribution in [2.24, 2.45) is 0 Å². The fourth-order valence-electron chi connectivity index (χ4n) is 1.49. The van der Waals surface area contributed by atoms with E-state index in [-0.39, 0.29) is 5.56 Å². The van der Waals surface area contributed by atoms with Crippen LogP contribution in [0.1, 0.15) is 10.4 Å². The minimum Gasteiger partial charge on any atom is -0.450 e. The molecule has 0 aliphatic carbocycles. The lowest BCUT2D eigenvalue weighted by molar-refractivity contribution is -0.216. The average Bonchev–Trinajstić information content (AvgIpc) is 2.45. The Kier molecular flexibility index (Phi) is 8.80. The molecule has 0 aliphatic heterocycles. The van der Waals surface area contributed by atoms with Crippen LogP contribution in [0.5, 0.6) is 0 Å². The molecule has 0 aliphatic rings. The molecule has 1 rings (SSSR count). The number of hydrogen-bond acceptors (Lipinski definition) is 6. The summed E-state index contributed by atoms with van der Waals surface area (Å²) in [6.45, 7) is -1.16. The summed E-state index contributed by atoms with van der Waals surface area (Å²) in [6, 6.07) is 3.24. The van der Waals surface area contributed by atoms with E-state index in [0.717, 1.165) is 3.57 Å². The normalized spacial score (nSPS) is 13.2.